The van der Waals surface area contributed by atoms with Gasteiger partial charge in [0.2, 0.25) is 0 Å². The van der Waals surface area contributed by atoms with Gasteiger partial charge in [-0.15, -0.1) is 0 Å². The van der Waals surface area contributed by atoms with Crippen molar-refractivity contribution < 1.29 is 0 Å². The molecule has 0 rings (SSSR count). The van der Waals surface area contributed by atoms with Crippen LogP contribution in [0, 0.1) is 11.3 Å². The van der Waals surface area contributed by atoms with E-state index in [0.717, 1.165) is 5.92 Å². The van der Waals surface area contributed by atoms with Crippen molar-refractivity contribution in [3.05, 3.63) is 61.3 Å². The predicted octanol–water partition coefficient (Wildman–Crippen LogP) is 7.34. The van der Waals surface area contributed by atoms with E-state index in [-0.39, 0.29) is 12.8 Å². The molecular formula is C22H45N. The van der Waals surface area contributed by atoms with E-state index in [1.807, 2.05) is 39.0 Å². The van der Waals surface area contributed by atoms with Gasteiger partial charge in [0.15, 0.2) is 0 Å². The third kappa shape index (κ3) is 29.3. The quantitative estimate of drug-likeness (QED) is 0.415. The monoisotopic (exact) mass is 323 g/mol. The summed E-state index contributed by atoms with van der Waals surface area (Å²) >= 11 is 0. The van der Waals surface area contributed by atoms with Gasteiger partial charge in [0.1, 0.15) is 0 Å². The Bertz CT molecular complexity index is 312. The van der Waals surface area contributed by atoms with E-state index in [9.17, 15) is 0 Å². The molecule has 0 atom stereocenters. The minimum absolute atomic E-state index is 0. The molecule has 0 unspecified atom stereocenters. The van der Waals surface area contributed by atoms with Crippen LogP contribution < -0.4 is 5.73 Å². The van der Waals surface area contributed by atoms with Crippen molar-refractivity contribution in [2.24, 2.45) is 17.1 Å². The summed E-state index contributed by atoms with van der Waals surface area (Å²) in [5.41, 5.74) is 5.77. The van der Waals surface area contributed by atoms with E-state index < -0.39 is 0 Å². The lowest BCUT2D eigenvalue weighted by atomic mass is 9.83. The largest absolute Gasteiger partial charge is 0.333 e. The fourth-order valence-electron chi connectivity index (χ4n) is 1.30. The Hall–Kier alpha value is -1.34. The number of allylic oxidation sites excluding steroid dienone is 8. The van der Waals surface area contributed by atoms with Crippen LogP contribution in [0.1, 0.15) is 62.8 Å². The molecule has 0 saturated heterocycles. The molecule has 2 N–H and O–H groups in total. The van der Waals surface area contributed by atoms with Crippen LogP contribution >= 0.6 is 0 Å². The van der Waals surface area contributed by atoms with E-state index in [1.165, 1.54) is 12.6 Å². The molecule has 0 aromatic carbocycles. The minimum Gasteiger partial charge on any atom is -0.333 e. The van der Waals surface area contributed by atoms with Crippen molar-refractivity contribution >= 4 is 0 Å². The highest BCUT2D eigenvalue weighted by Crippen LogP contribution is 2.29. The molecule has 1 nitrogen and oxygen atoms in total. The number of nitrogens with two attached hydrogens (primary N) is 1. The molecule has 0 aliphatic heterocycles. The lowest BCUT2D eigenvalue weighted by Crippen LogP contribution is -2.09. The van der Waals surface area contributed by atoms with E-state index in [2.05, 4.69) is 71.7 Å². The van der Waals surface area contributed by atoms with Gasteiger partial charge in [0.25, 0.3) is 0 Å². The van der Waals surface area contributed by atoms with E-state index in [0.29, 0.717) is 0 Å². The normalized spacial score (nSPS) is 10.5. The van der Waals surface area contributed by atoms with Gasteiger partial charge in [-0.2, -0.15) is 0 Å². The highest BCUT2D eigenvalue weighted by atomic mass is 14.4. The maximum absolute atomic E-state index is 4.50. The maximum atomic E-state index is 4.50. The average Bonchev–Trinajstić information content (AvgIpc) is 2.47. The Labute approximate surface area is 148 Å². The maximum Gasteiger partial charge on any atom is 0.00752 e. The third-order valence-electron chi connectivity index (χ3n) is 2.04. The summed E-state index contributed by atoms with van der Waals surface area (Å²) in [6, 6.07) is 0. The van der Waals surface area contributed by atoms with Crippen LogP contribution in [0.2, 0.25) is 0 Å². The van der Waals surface area contributed by atoms with Crippen molar-refractivity contribution in [2.75, 3.05) is 7.05 Å². The molecule has 0 radical (unpaired) electrons. The van der Waals surface area contributed by atoms with Gasteiger partial charge < -0.3 is 5.73 Å². The molecule has 0 fully saturated rings. The first kappa shape index (κ1) is 33.3. The van der Waals surface area contributed by atoms with Crippen molar-refractivity contribution in [3.8, 4) is 0 Å². The molecule has 0 spiro atoms. The van der Waals surface area contributed by atoms with Crippen molar-refractivity contribution in [1.82, 2.24) is 0 Å². The number of hydrogen-bond acceptors (Lipinski definition) is 1. The number of hydrogen-bond donors (Lipinski definition) is 1. The van der Waals surface area contributed by atoms with E-state index >= 15 is 0 Å². The summed E-state index contributed by atoms with van der Waals surface area (Å²) in [5.74, 6) is 0.833. The zero-order valence-corrected chi connectivity index (χ0v) is 16.6. The molecule has 0 amide bonds. The molecule has 138 valence electrons. The third-order valence-corrected chi connectivity index (χ3v) is 2.04. The molecule has 0 aromatic heterocycles. The molecule has 0 bridgehead atoms. The molecular weight excluding hydrogens is 278 g/mol. The Morgan fingerprint density at radius 2 is 1.39 bits per heavy atom. The van der Waals surface area contributed by atoms with Crippen LogP contribution in [-0.4, -0.2) is 7.05 Å². The first-order valence-electron chi connectivity index (χ1n) is 8.15. The molecule has 23 heavy (non-hydrogen) atoms. The van der Waals surface area contributed by atoms with Gasteiger partial charge in [-0.25, -0.2) is 0 Å². The van der Waals surface area contributed by atoms with Crippen LogP contribution in [0.3, 0.4) is 0 Å². The van der Waals surface area contributed by atoms with Gasteiger partial charge in [-0.05, 0) is 25.5 Å². The summed E-state index contributed by atoms with van der Waals surface area (Å²) in [6.07, 6.45) is 13.9. The molecule has 0 aliphatic carbocycles. The molecule has 0 aliphatic rings. The van der Waals surface area contributed by atoms with Crippen LogP contribution in [0.5, 0.6) is 0 Å². The van der Waals surface area contributed by atoms with Crippen molar-refractivity contribution in [1.29, 1.82) is 0 Å². The Kier molecular flexibility index (Phi) is 37.1. The predicted molar refractivity (Wildman–Crippen MR) is 115 cm³/mol. The summed E-state index contributed by atoms with van der Waals surface area (Å²) in [5, 5.41) is 0. The topological polar surface area (TPSA) is 26.0 Å². The molecule has 0 heterocycles. The lowest BCUT2D eigenvalue weighted by molar-refractivity contribution is 0.594. The van der Waals surface area contributed by atoms with E-state index in [1.54, 1.807) is 6.08 Å². The Morgan fingerprint density at radius 1 is 1.00 bits per heavy atom. The zero-order valence-electron chi connectivity index (χ0n) is 16.6. The smallest absolute Gasteiger partial charge is 0.00752 e. The van der Waals surface area contributed by atoms with Crippen molar-refractivity contribution in [2.45, 2.75) is 62.8 Å². The molecule has 0 saturated carbocycles. The second kappa shape index (κ2) is 25.6. The first-order chi connectivity index (χ1) is 10.3. The highest BCUT2D eigenvalue weighted by Gasteiger charge is 2.16. The minimum atomic E-state index is 0. The lowest BCUT2D eigenvalue weighted by Gasteiger charge is -2.21. The van der Waals surface area contributed by atoms with E-state index in [4.69, 9.17) is 0 Å². The van der Waals surface area contributed by atoms with Crippen LogP contribution in [-0.2, 0) is 0 Å². The van der Waals surface area contributed by atoms with Crippen LogP contribution in [0.4, 0.5) is 0 Å². The standard InChI is InChI=1S/C14H20.C4H10.C2H6.CH5N.CH4/c1-6-9-11-13(10-7-2)14(4,5)12-8-3;1-4(2)3;2*1-2;/h6-12H,1-2H2,3-5H3;4H,1-3H3;1-2H3;2H2,1H3;1H4/b11-9-,12-8-,13-10+;;;;. The van der Waals surface area contributed by atoms with Gasteiger partial charge in [0, 0.05) is 5.41 Å². The van der Waals surface area contributed by atoms with Gasteiger partial charge >= 0.3 is 0 Å². The number of rotatable bonds is 5. The second-order valence-corrected chi connectivity index (χ2v) is 5.41. The fraction of sp³-hybridized carbons (Fsp3) is 0.545. The van der Waals surface area contributed by atoms with Gasteiger partial charge in [-0.1, -0.05) is 112 Å². The summed E-state index contributed by atoms with van der Waals surface area (Å²) < 4.78 is 0. The average molecular weight is 324 g/mol. The van der Waals surface area contributed by atoms with Crippen molar-refractivity contribution in [3.63, 3.8) is 0 Å². The summed E-state index contributed by atoms with van der Waals surface area (Å²) in [4.78, 5) is 0. The zero-order chi connectivity index (χ0) is 18.6. The first-order valence-corrected chi connectivity index (χ1v) is 8.15. The van der Waals surface area contributed by atoms with Crippen LogP contribution in [0.25, 0.3) is 0 Å². The van der Waals surface area contributed by atoms with Crippen LogP contribution in [0.15, 0.2) is 61.3 Å². The summed E-state index contributed by atoms with van der Waals surface area (Å²) in [6.45, 7) is 24.3. The second-order valence-electron chi connectivity index (χ2n) is 5.41. The van der Waals surface area contributed by atoms with Gasteiger partial charge in [-0.3, -0.25) is 0 Å². The summed E-state index contributed by atoms with van der Waals surface area (Å²) in [7, 11) is 1.50. The Morgan fingerprint density at radius 3 is 1.65 bits per heavy atom. The molecule has 1 heteroatoms. The Balaban J connectivity index is -0.000000102. The fourth-order valence-corrected chi connectivity index (χ4v) is 1.30. The molecule has 0 aromatic rings. The highest BCUT2D eigenvalue weighted by molar-refractivity contribution is 5.33. The van der Waals surface area contributed by atoms with Gasteiger partial charge in [0.05, 0.1) is 0 Å². The SMILES string of the molecule is C.C=C/C=C\C(=C/C=C)C(C)(C)/C=C\C.CC.CC(C)C.CN.